The Morgan fingerprint density at radius 1 is 0.409 bits per heavy atom. The van der Waals surface area contributed by atoms with Crippen LogP contribution in [0, 0.1) is 0 Å². The van der Waals surface area contributed by atoms with E-state index in [4.69, 9.17) is 9.97 Å². The molecule has 0 aliphatic carbocycles. The average molecular weight is 580 g/mol. The van der Waals surface area contributed by atoms with E-state index in [2.05, 4.69) is 120 Å². The predicted octanol–water partition coefficient (Wildman–Crippen LogP) is 10.9. The summed E-state index contributed by atoms with van der Waals surface area (Å²) in [6.45, 7) is 0. The second-order valence-corrected chi connectivity index (χ2v) is 12.1. The van der Waals surface area contributed by atoms with E-state index in [0.29, 0.717) is 5.82 Å². The molecule has 0 N–H and O–H groups in total. The maximum atomic E-state index is 5.03. The molecule has 206 valence electrons. The third-order valence-electron chi connectivity index (χ3n) is 8.42. The van der Waals surface area contributed by atoms with Gasteiger partial charge < -0.3 is 4.57 Å². The summed E-state index contributed by atoms with van der Waals surface area (Å²) in [4.78, 5) is 10.1. The third-order valence-corrected chi connectivity index (χ3v) is 9.55. The molecule has 0 aliphatic heterocycles. The van der Waals surface area contributed by atoms with E-state index in [0.717, 1.165) is 33.8 Å². The number of thiophene rings is 1. The Bertz CT molecular complexity index is 2420. The predicted molar refractivity (Wildman–Crippen MR) is 186 cm³/mol. The number of hydrogen-bond acceptors (Lipinski definition) is 3. The van der Waals surface area contributed by atoms with Gasteiger partial charge in [0.25, 0.3) is 0 Å². The molecule has 9 rings (SSSR count). The van der Waals surface area contributed by atoms with Gasteiger partial charge in [-0.1, -0.05) is 97.1 Å². The van der Waals surface area contributed by atoms with Crippen LogP contribution in [-0.2, 0) is 0 Å². The van der Waals surface area contributed by atoms with Crippen molar-refractivity contribution in [2.45, 2.75) is 0 Å². The molecule has 0 saturated carbocycles. The van der Waals surface area contributed by atoms with Crippen LogP contribution in [0.15, 0.2) is 152 Å². The van der Waals surface area contributed by atoms with E-state index < -0.39 is 0 Å². The first kappa shape index (κ1) is 25.0. The molecule has 9 aromatic rings. The number of rotatable bonds is 4. The third kappa shape index (κ3) is 4.03. The van der Waals surface area contributed by atoms with E-state index in [1.54, 1.807) is 0 Å². The van der Waals surface area contributed by atoms with Crippen molar-refractivity contribution in [2.75, 3.05) is 0 Å². The maximum Gasteiger partial charge on any atom is 0.160 e. The number of aromatic nitrogens is 3. The van der Waals surface area contributed by atoms with E-state index in [1.807, 2.05) is 47.7 Å². The standard InChI is InChI=1S/C40H25N3S/c1-3-11-26(12-4-1)34-25-35(27-13-5-2-6-14-27)42-40(41-34)28-19-21-29(22-20-28)43-36-17-9-7-15-30(36)32-24-39-33(23-37(32)43)31-16-8-10-18-38(31)44-39/h1-25H. The SMILES string of the molecule is c1ccc(-c2cc(-c3ccccc3)nc(-c3ccc(-n4c5ccccc5c5cc6sc7ccccc7c6cc54)cc3)n2)cc1. The van der Waals surface area contributed by atoms with E-state index in [-0.39, 0.29) is 0 Å². The lowest BCUT2D eigenvalue weighted by Gasteiger charge is -2.11. The topological polar surface area (TPSA) is 30.7 Å². The van der Waals surface area contributed by atoms with Crippen LogP contribution in [0.1, 0.15) is 0 Å². The zero-order valence-corrected chi connectivity index (χ0v) is 24.5. The molecule has 0 saturated heterocycles. The summed E-state index contributed by atoms with van der Waals surface area (Å²) >= 11 is 1.87. The van der Waals surface area contributed by atoms with Crippen molar-refractivity contribution in [3.05, 3.63) is 152 Å². The van der Waals surface area contributed by atoms with Gasteiger partial charge >= 0.3 is 0 Å². The van der Waals surface area contributed by atoms with Gasteiger partial charge in [0.2, 0.25) is 0 Å². The van der Waals surface area contributed by atoms with Crippen molar-refractivity contribution >= 4 is 53.3 Å². The number of benzene rings is 6. The van der Waals surface area contributed by atoms with Crippen molar-refractivity contribution in [1.29, 1.82) is 0 Å². The van der Waals surface area contributed by atoms with Crippen molar-refractivity contribution < 1.29 is 0 Å². The van der Waals surface area contributed by atoms with Crippen LogP contribution >= 0.6 is 11.3 Å². The number of nitrogens with zero attached hydrogens (tertiary/aromatic N) is 3. The lowest BCUT2D eigenvalue weighted by Crippen LogP contribution is -1.97. The molecule has 6 aromatic carbocycles. The maximum absolute atomic E-state index is 5.03. The van der Waals surface area contributed by atoms with Crippen LogP contribution in [0.3, 0.4) is 0 Å². The Labute approximate surface area is 258 Å². The summed E-state index contributed by atoms with van der Waals surface area (Å²) in [6.07, 6.45) is 0. The normalized spacial score (nSPS) is 11.6. The zero-order chi connectivity index (χ0) is 29.0. The Hall–Kier alpha value is -5.58. The van der Waals surface area contributed by atoms with Gasteiger partial charge in [-0.05, 0) is 54.6 Å². The van der Waals surface area contributed by atoms with Crippen molar-refractivity contribution in [3.63, 3.8) is 0 Å². The first-order valence-corrected chi connectivity index (χ1v) is 15.6. The van der Waals surface area contributed by atoms with Crippen molar-refractivity contribution in [1.82, 2.24) is 14.5 Å². The van der Waals surface area contributed by atoms with Crippen LogP contribution in [0.2, 0.25) is 0 Å². The molecule has 0 atom stereocenters. The Kier molecular flexibility index (Phi) is 5.68. The summed E-state index contributed by atoms with van der Waals surface area (Å²) in [5.41, 5.74) is 8.47. The van der Waals surface area contributed by atoms with Crippen LogP contribution in [0.4, 0.5) is 0 Å². The summed E-state index contributed by atoms with van der Waals surface area (Å²) in [5.74, 6) is 0.713. The quantitative estimate of drug-likeness (QED) is 0.208. The van der Waals surface area contributed by atoms with Gasteiger partial charge in [-0.3, -0.25) is 0 Å². The number of hydrogen-bond donors (Lipinski definition) is 0. The first-order chi connectivity index (χ1) is 21.8. The highest BCUT2D eigenvalue weighted by Gasteiger charge is 2.16. The van der Waals surface area contributed by atoms with E-state index in [1.165, 1.54) is 42.0 Å². The lowest BCUT2D eigenvalue weighted by atomic mass is 10.1. The molecule has 0 aliphatic rings. The van der Waals surface area contributed by atoms with Gasteiger partial charge in [-0.2, -0.15) is 0 Å². The first-order valence-electron chi connectivity index (χ1n) is 14.8. The number of para-hydroxylation sites is 1. The molecule has 0 radical (unpaired) electrons. The minimum atomic E-state index is 0.713. The zero-order valence-electron chi connectivity index (χ0n) is 23.7. The highest BCUT2D eigenvalue weighted by Crippen LogP contribution is 2.40. The lowest BCUT2D eigenvalue weighted by molar-refractivity contribution is 1.16. The summed E-state index contributed by atoms with van der Waals surface area (Å²) < 4.78 is 5.03. The minimum absolute atomic E-state index is 0.713. The van der Waals surface area contributed by atoms with Gasteiger partial charge in [-0.15, -0.1) is 11.3 Å². The van der Waals surface area contributed by atoms with Crippen LogP contribution in [0.5, 0.6) is 0 Å². The van der Waals surface area contributed by atoms with Crippen molar-refractivity contribution in [3.8, 4) is 39.6 Å². The Balaban J connectivity index is 1.21. The second-order valence-electron chi connectivity index (χ2n) is 11.1. The van der Waals surface area contributed by atoms with Gasteiger partial charge in [0.15, 0.2) is 5.82 Å². The van der Waals surface area contributed by atoms with E-state index in [9.17, 15) is 0 Å². The van der Waals surface area contributed by atoms with Gasteiger partial charge in [0.05, 0.1) is 22.4 Å². The average Bonchev–Trinajstić information content (AvgIpc) is 3.63. The molecular formula is C40H25N3S. The summed E-state index contributed by atoms with van der Waals surface area (Å²) in [5, 5.41) is 5.15. The molecule has 0 bridgehead atoms. The molecule has 3 heterocycles. The van der Waals surface area contributed by atoms with Gasteiger partial charge in [0.1, 0.15) is 0 Å². The minimum Gasteiger partial charge on any atom is -0.309 e. The van der Waals surface area contributed by atoms with Crippen LogP contribution in [0.25, 0.3) is 81.6 Å². The molecule has 0 amide bonds. The molecule has 3 aromatic heterocycles. The fraction of sp³-hybridized carbons (Fsp3) is 0. The fourth-order valence-corrected chi connectivity index (χ4v) is 7.44. The molecule has 0 unspecified atom stereocenters. The Morgan fingerprint density at radius 2 is 1.02 bits per heavy atom. The fourth-order valence-electron chi connectivity index (χ4n) is 6.31. The molecular weight excluding hydrogens is 555 g/mol. The van der Waals surface area contributed by atoms with Crippen LogP contribution in [-0.4, -0.2) is 14.5 Å². The summed E-state index contributed by atoms with van der Waals surface area (Å²) in [6, 6.07) is 53.5. The number of fused-ring (bicyclic) bond motifs is 6. The largest absolute Gasteiger partial charge is 0.309 e. The second kappa shape index (κ2) is 10.0. The van der Waals surface area contributed by atoms with Gasteiger partial charge in [-0.25, -0.2) is 9.97 Å². The highest BCUT2D eigenvalue weighted by atomic mass is 32.1. The molecule has 3 nitrogen and oxygen atoms in total. The molecule has 0 spiro atoms. The molecule has 4 heteroatoms. The smallest absolute Gasteiger partial charge is 0.160 e. The molecule has 44 heavy (non-hydrogen) atoms. The van der Waals surface area contributed by atoms with E-state index >= 15 is 0 Å². The molecule has 0 fully saturated rings. The van der Waals surface area contributed by atoms with Crippen molar-refractivity contribution in [2.24, 2.45) is 0 Å². The highest BCUT2D eigenvalue weighted by molar-refractivity contribution is 7.25. The van der Waals surface area contributed by atoms with Gasteiger partial charge in [0, 0.05) is 53.3 Å². The Morgan fingerprint density at radius 3 is 1.73 bits per heavy atom. The monoisotopic (exact) mass is 579 g/mol. The van der Waals surface area contributed by atoms with Crippen LogP contribution < -0.4 is 0 Å². The summed E-state index contributed by atoms with van der Waals surface area (Å²) in [7, 11) is 0.